The fourth-order valence-corrected chi connectivity index (χ4v) is 3.07. The Balaban J connectivity index is 3.38. The van der Waals surface area contributed by atoms with Crippen LogP contribution in [0, 0.1) is 13.8 Å². The van der Waals surface area contributed by atoms with Crippen LogP contribution in [-0.2, 0) is 16.3 Å². The highest BCUT2D eigenvalue weighted by molar-refractivity contribution is 7.91. The molecule has 3 nitrogen and oxygen atoms in total. The minimum atomic E-state index is -3.35. The summed E-state index contributed by atoms with van der Waals surface area (Å²) >= 11 is 0. The number of hydrogen-bond donors (Lipinski definition) is 1. The van der Waals surface area contributed by atoms with Gasteiger partial charge in [-0.25, -0.2) is 8.42 Å². The Hall–Kier alpha value is -0.870. The van der Waals surface area contributed by atoms with Crippen molar-refractivity contribution in [3.05, 3.63) is 28.8 Å². The van der Waals surface area contributed by atoms with Crippen LogP contribution in [0.5, 0.6) is 0 Å². The van der Waals surface area contributed by atoms with Crippen LogP contribution in [0.4, 0.5) is 0 Å². The first-order chi connectivity index (χ1) is 7.42. The van der Waals surface area contributed by atoms with Gasteiger partial charge in [0.15, 0.2) is 9.84 Å². The Kier molecular flexibility index (Phi) is 4.10. The Morgan fingerprint density at radius 1 is 1.25 bits per heavy atom. The molecule has 0 saturated heterocycles. The Labute approximate surface area is 97.0 Å². The molecule has 1 aromatic rings. The van der Waals surface area contributed by atoms with Crippen molar-refractivity contribution in [2.24, 2.45) is 0 Å². The topological polar surface area (TPSA) is 54.4 Å². The third-order valence-electron chi connectivity index (χ3n) is 2.78. The SMILES string of the molecule is CCc1cc(C)c(C)c(S(=O)(=O)CCO)c1. The largest absolute Gasteiger partial charge is 0.395 e. The van der Waals surface area contributed by atoms with E-state index >= 15 is 0 Å². The molecule has 1 N–H and O–H groups in total. The van der Waals surface area contributed by atoms with E-state index in [0.29, 0.717) is 4.90 Å². The maximum atomic E-state index is 11.9. The molecule has 1 aromatic carbocycles. The van der Waals surface area contributed by atoms with Crippen LogP contribution in [-0.4, -0.2) is 25.9 Å². The van der Waals surface area contributed by atoms with Gasteiger partial charge in [0.05, 0.1) is 17.3 Å². The molecule has 90 valence electrons. The average Bonchev–Trinajstić information content (AvgIpc) is 2.21. The number of aliphatic hydroxyl groups excluding tert-OH is 1. The summed E-state index contributed by atoms with van der Waals surface area (Å²) in [4.78, 5) is 0.360. The second-order valence-corrected chi connectivity index (χ2v) is 6.01. The van der Waals surface area contributed by atoms with Crippen molar-refractivity contribution in [1.82, 2.24) is 0 Å². The van der Waals surface area contributed by atoms with Crippen molar-refractivity contribution >= 4 is 9.84 Å². The van der Waals surface area contributed by atoms with Crippen molar-refractivity contribution < 1.29 is 13.5 Å². The van der Waals surface area contributed by atoms with E-state index in [2.05, 4.69) is 0 Å². The Morgan fingerprint density at radius 2 is 1.88 bits per heavy atom. The normalized spacial score (nSPS) is 11.8. The van der Waals surface area contributed by atoms with E-state index in [1.165, 1.54) is 0 Å². The molecule has 0 aliphatic heterocycles. The molecule has 0 aromatic heterocycles. The molecule has 0 aliphatic rings. The summed E-state index contributed by atoms with van der Waals surface area (Å²) < 4.78 is 23.8. The first-order valence-corrected chi connectivity index (χ1v) is 7.01. The molecule has 0 fully saturated rings. The number of rotatable bonds is 4. The van der Waals surface area contributed by atoms with Gasteiger partial charge in [-0.05, 0) is 43.0 Å². The number of benzene rings is 1. The lowest BCUT2D eigenvalue weighted by atomic mass is 10.0. The molecule has 4 heteroatoms. The summed E-state index contributed by atoms with van der Waals surface area (Å²) in [7, 11) is -3.35. The highest BCUT2D eigenvalue weighted by Crippen LogP contribution is 2.22. The summed E-state index contributed by atoms with van der Waals surface area (Å²) in [6.45, 7) is 5.37. The number of sulfone groups is 1. The van der Waals surface area contributed by atoms with Gasteiger partial charge in [0, 0.05) is 0 Å². The van der Waals surface area contributed by atoms with E-state index in [1.54, 1.807) is 13.0 Å². The van der Waals surface area contributed by atoms with Crippen LogP contribution in [0.25, 0.3) is 0 Å². The van der Waals surface area contributed by atoms with Gasteiger partial charge in [0.2, 0.25) is 0 Å². The van der Waals surface area contributed by atoms with Crippen LogP contribution in [0.2, 0.25) is 0 Å². The van der Waals surface area contributed by atoms with Crippen molar-refractivity contribution in [1.29, 1.82) is 0 Å². The van der Waals surface area contributed by atoms with E-state index < -0.39 is 9.84 Å². The number of hydrogen-bond acceptors (Lipinski definition) is 3. The highest BCUT2D eigenvalue weighted by atomic mass is 32.2. The van der Waals surface area contributed by atoms with Gasteiger partial charge in [-0.1, -0.05) is 13.0 Å². The highest BCUT2D eigenvalue weighted by Gasteiger charge is 2.18. The minimum absolute atomic E-state index is 0.208. The van der Waals surface area contributed by atoms with Crippen molar-refractivity contribution in [2.45, 2.75) is 32.1 Å². The zero-order valence-electron chi connectivity index (χ0n) is 9.95. The summed E-state index contributed by atoms with van der Waals surface area (Å²) in [5.74, 6) is -0.208. The molecule has 0 spiro atoms. The summed E-state index contributed by atoms with van der Waals surface area (Å²) in [6.07, 6.45) is 0.808. The lowest BCUT2D eigenvalue weighted by molar-refractivity contribution is 0.319. The molecule has 1 rings (SSSR count). The van der Waals surface area contributed by atoms with E-state index in [4.69, 9.17) is 5.11 Å². The van der Waals surface area contributed by atoms with E-state index in [9.17, 15) is 8.42 Å². The third kappa shape index (κ3) is 2.62. The van der Waals surface area contributed by atoms with Crippen molar-refractivity contribution in [3.8, 4) is 0 Å². The number of aliphatic hydroxyl groups is 1. The van der Waals surface area contributed by atoms with Gasteiger partial charge in [-0.15, -0.1) is 0 Å². The van der Waals surface area contributed by atoms with Crippen LogP contribution in [0.15, 0.2) is 17.0 Å². The Bertz CT molecular complexity index is 475. The summed E-state index contributed by atoms with van der Waals surface area (Å²) in [5.41, 5.74) is 2.78. The van der Waals surface area contributed by atoms with Gasteiger partial charge in [0.25, 0.3) is 0 Å². The van der Waals surface area contributed by atoms with E-state index in [1.807, 2.05) is 19.9 Å². The van der Waals surface area contributed by atoms with E-state index in [0.717, 1.165) is 23.1 Å². The van der Waals surface area contributed by atoms with Crippen LogP contribution in [0.3, 0.4) is 0 Å². The molecule has 0 aliphatic carbocycles. The van der Waals surface area contributed by atoms with Gasteiger partial charge >= 0.3 is 0 Å². The molecule has 0 atom stereocenters. The molecular weight excluding hydrogens is 224 g/mol. The molecular formula is C12H18O3S. The molecule has 0 saturated carbocycles. The molecule has 0 bridgehead atoms. The maximum Gasteiger partial charge on any atom is 0.180 e. The molecule has 0 unspecified atom stereocenters. The van der Waals surface area contributed by atoms with Gasteiger partial charge in [-0.3, -0.25) is 0 Å². The second kappa shape index (κ2) is 4.97. The summed E-state index contributed by atoms with van der Waals surface area (Å²) in [6, 6.07) is 3.72. The Morgan fingerprint density at radius 3 is 2.38 bits per heavy atom. The first kappa shape index (κ1) is 13.2. The molecule has 0 amide bonds. The lowest BCUT2D eigenvalue weighted by Gasteiger charge is -2.11. The van der Waals surface area contributed by atoms with Crippen LogP contribution < -0.4 is 0 Å². The van der Waals surface area contributed by atoms with Crippen LogP contribution >= 0.6 is 0 Å². The second-order valence-electron chi connectivity index (χ2n) is 3.93. The first-order valence-electron chi connectivity index (χ1n) is 5.36. The fraction of sp³-hybridized carbons (Fsp3) is 0.500. The molecule has 16 heavy (non-hydrogen) atoms. The molecule has 0 radical (unpaired) electrons. The van der Waals surface area contributed by atoms with Gasteiger partial charge in [-0.2, -0.15) is 0 Å². The quantitative estimate of drug-likeness (QED) is 0.873. The third-order valence-corrected chi connectivity index (χ3v) is 4.60. The van der Waals surface area contributed by atoms with Gasteiger partial charge in [0.1, 0.15) is 0 Å². The van der Waals surface area contributed by atoms with Crippen molar-refractivity contribution in [3.63, 3.8) is 0 Å². The zero-order valence-corrected chi connectivity index (χ0v) is 10.8. The van der Waals surface area contributed by atoms with Gasteiger partial charge < -0.3 is 5.11 Å². The fourth-order valence-electron chi connectivity index (χ4n) is 1.66. The molecule has 0 heterocycles. The van der Waals surface area contributed by atoms with Crippen molar-refractivity contribution in [2.75, 3.05) is 12.4 Å². The van der Waals surface area contributed by atoms with E-state index in [-0.39, 0.29) is 12.4 Å². The monoisotopic (exact) mass is 242 g/mol. The average molecular weight is 242 g/mol. The maximum absolute atomic E-state index is 11.9. The minimum Gasteiger partial charge on any atom is -0.395 e. The summed E-state index contributed by atoms with van der Waals surface area (Å²) in [5, 5.41) is 8.77. The predicted molar refractivity (Wildman–Crippen MR) is 64.4 cm³/mol. The lowest BCUT2D eigenvalue weighted by Crippen LogP contribution is -2.12. The van der Waals surface area contributed by atoms with Crippen LogP contribution in [0.1, 0.15) is 23.6 Å². The predicted octanol–water partition coefficient (Wildman–Crippen LogP) is 1.63. The zero-order chi connectivity index (χ0) is 12.3. The smallest absolute Gasteiger partial charge is 0.180 e. The number of aryl methyl sites for hydroxylation is 2. The standard InChI is InChI=1S/C12H18O3S/c1-4-11-7-9(2)10(3)12(8-11)16(14,15)6-5-13/h7-8,13H,4-6H2,1-3H3.